The summed E-state index contributed by atoms with van der Waals surface area (Å²) in [5.74, 6) is -0.552. The highest BCUT2D eigenvalue weighted by atomic mass is 35.5. The Bertz CT molecular complexity index is 548. The van der Waals surface area contributed by atoms with Crippen LogP contribution in [0.15, 0.2) is 18.2 Å². The van der Waals surface area contributed by atoms with Gasteiger partial charge in [0.15, 0.2) is 11.5 Å². The van der Waals surface area contributed by atoms with Crippen LogP contribution in [-0.2, 0) is 16.0 Å². The van der Waals surface area contributed by atoms with E-state index in [9.17, 15) is 9.59 Å². The summed E-state index contributed by atoms with van der Waals surface area (Å²) in [7, 11) is 0. The number of rotatable bonds is 6. The fourth-order valence-electron chi connectivity index (χ4n) is 1.96. The number of alkyl halides is 1. The molecule has 0 aliphatic carbocycles. The van der Waals surface area contributed by atoms with E-state index in [1.54, 1.807) is 12.1 Å². The van der Waals surface area contributed by atoms with Gasteiger partial charge in [0.25, 0.3) is 0 Å². The lowest BCUT2D eigenvalue weighted by Crippen LogP contribution is -2.42. The van der Waals surface area contributed by atoms with Crippen LogP contribution < -0.4 is 14.8 Å². The molecule has 2 rings (SSSR count). The lowest BCUT2D eigenvalue weighted by Gasteiger charge is -2.16. The lowest BCUT2D eigenvalue weighted by atomic mass is 9.99. The number of carboxylic acids is 1. The molecule has 0 saturated heterocycles. The Balaban J connectivity index is 2.01. The van der Waals surface area contributed by atoms with E-state index in [0.29, 0.717) is 17.9 Å². The van der Waals surface area contributed by atoms with Gasteiger partial charge in [0, 0.05) is 5.88 Å². The van der Waals surface area contributed by atoms with Crippen LogP contribution in [0.4, 0.5) is 0 Å². The molecule has 0 bridgehead atoms. The fourth-order valence-corrected chi connectivity index (χ4v) is 2.21. The number of fused-ring (bicyclic) bond motifs is 1. The zero-order valence-electron chi connectivity index (χ0n) is 11.5. The number of hydrogen-bond donors (Lipinski definition) is 2. The quantitative estimate of drug-likeness (QED) is 0.776. The maximum Gasteiger partial charge on any atom is 0.325 e. The second-order valence-electron chi connectivity index (χ2n) is 4.81. The van der Waals surface area contributed by atoms with Crippen LogP contribution >= 0.6 is 11.6 Å². The zero-order valence-corrected chi connectivity index (χ0v) is 12.2. The van der Waals surface area contributed by atoms with Crippen molar-refractivity contribution in [2.75, 3.05) is 12.7 Å². The SMILES string of the molecule is CC(NC(=O)[C@@H](CCl)Cc1ccc2c(c1)OCO2)C(=O)O. The fraction of sp³-hybridized carbons (Fsp3) is 0.429. The molecule has 7 heteroatoms. The van der Waals surface area contributed by atoms with Gasteiger partial charge < -0.3 is 19.9 Å². The Labute approximate surface area is 127 Å². The third kappa shape index (κ3) is 3.78. The normalized spacial score (nSPS) is 15.3. The zero-order chi connectivity index (χ0) is 15.4. The monoisotopic (exact) mass is 313 g/mol. The smallest absolute Gasteiger partial charge is 0.325 e. The summed E-state index contributed by atoms with van der Waals surface area (Å²) in [5, 5.41) is 11.2. The van der Waals surface area contributed by atoms with Gasteiger partial charge in [0.1, 0.15) is 6.04 Å². The molecular weight excluding hydrogens is 298 g/mol. The number of amides is 1. The average Bonchev–Trinajstić information content (AvgIpc) is 2.91. The van der Waals surface area contributed by atoms with E-state index in [0.717, 1.165) is 5.56 Å². The third-order valence-electron chi connectivity index (χ3n) is 3.21. The van der Waals surface area contributed by atoms with Crippen LogP contribution in [0.5, 0.6) is 11.5 Å². The van der Waals surface area contributed by atoms with E-state index in [2.05, 4.69) is 5.32 Å². The van der Waals surface area contributed by atoms with Crippen molar-refractivity contribution in [3.8, 4) is 11.5 Å². The molecule has 0 saturated carbocycles. The van der Waals surface area contributed by atoms with Gasteiger partial charge >= 0.3 is 5.97 Å². The van der Waals surface area contributed by atoms with Gasteiger partial charge in [-0.05, 0) is 31.0 Å². The Morgan fingerprint density at radius 1 is 1.38 bits per heavy atom. The van der Waals surface area contributed by atoms with Crippen molar-refractivity contribution in [2.24, 2.45) is 5.92 Å². The molecule has 2 atom stereocenters. The van der Waals surface area contributed by atoms with Crippen molar-refractivity contribution < 1.29 is 24.2 Å². The number of carboxylic acid groups (broad SMARTS) is 1. The van der Waals surface area contributed by atoms with Crippen LogP contribution in [0.25, 0.3) is 0 Å². The van der Waals surface area contributed by atoms with E-state index in [1.807, 2.05) is 6.07 Å². The van der Waals surface area contributed by atoms with Gasteiger partial charge in [-0.1, -0.05) is 6.07 Å². The Morgan fingerprint density at radius 2 is 2.10 bits per heavy atom. The average molecular weight is 314 g/mol. The maximum atomic E-state index is 12.0. The summed E-state index contributed by atoms with van der Waals surface area (Å²) in [6.07, 6.45) is 0.401. The maximum absolute atomic E-state index is 12.0. The Hall–Kier alpha value is -1.95. The molecule has 1 unspecified atom stereocenters. The molecule has 0 fully saturated rings. The predicted molar refractivity (Wildman–Crippen MR) is 75.7 cm³/mol. The highest BCUT2D eigenvalue weighted by Crippen LogP contribution is 2.33. The molecule has 6 nitrogen and oxygen atoms in total. The molecule has 1 amide bonds. The third-order valence-corrected chi connectivity index (χ3v) is 3.58. The summed E-state index contributed by atoms with van der Waals surface area (Å²) in [4.78, 5) is 22.8. The second kappa shape index (κ2) is 6.67. The number of aliphatic carboxylic acids is 1. The van der Waals surface area contributed by atoms with Crippen LogP contribution in [0, 0.1) is 5.92 Å². The number of hydrogen-bond acceptors (Lipinski definition) is 4. The predicted octanol–water partition coefficient (Wildman–Crippen LogP) is 1.40. The summed E-state index contributed by atoms with van der Waals surface area (Å²) in [6.45, 7) is 1.60. The van der Waals surface area contributed by atoms with Crippen molar-refractivity contribution in [3.05, 3.63) is 23.8 Å². The number of carbonyl (C=O) groups excluding carboxylic acids is 1. The molecule has 114 valence electrons. The van der Waals surface area contributed by atoms with E-state index >= 15 is 0 Å². The van der Waals surface area contributed by atoms with Crippen LogP contribution in [0.3, 0.4) is 0 Å². The van der Waals surface area contributed by atoms with Gasteiger partial charge in [-0.3, -0.25) is 9.59 Å². The minimum Gasteiger partial charge on any atom is -0.480 e. The molecule has 0 radical (unpaired) electrons. The van der Waals surface area contributed by atoms with E-state index in [1.165, 1.54) is 6.92 Å². The molecule has 1 heterocycles. The number of halogens is 1. The van der Waals surface area contributed by atoms with Gasteiger partial charge in [-0.25, -0.2) is 0 Å². The first-order chi connectivity index (χ1) is 10.0. The molecule has 1 aliphatic rings. The molecule has 1 aliphatic heterocycles. The van der Waals surface area contributed by atoms with E-state index in [-0.39, 0.29) is 18.6 Å². The van der Waals surface area contributed by atoms with Crippen LogP contribution in [0.2, 0.25) is 0 Å². The standard InChI is InChI=1S/C14H16ClNO5/c1-8(14(18)19)16-13(17)10(6-15)4-9-2-3-11-12(5-9)21-7-20-11/h2-3,5,8,10H,4,6-7H2,1H3,(H,16,17)(H,18,19)/t8?,10-/m1/s1. The summed E-state index contributed by atoms with van der Waals surface area (Å²) in [6, 6.07) is 4.47. The van der Waals surface area contributed by atoms with Crippen molar-refractivity contribution in [2.45, 2.75) is 19.4 Å². The van der Waals surface area contributed by atoms with Crippen molar-refractivity contribution in [1.82, 2.24) is 5.32 Å². The number of carbonyl (C=O) groups is 2. The van der Waals surface area contributed by atoms with Crippen LogP contribution in [-0.4, -0.2) is 35.7 Å². The summed E-state index contributed by atoms with van der Waals surface area (Å²) >= 11 is 5.83. The van der Waals surface area contributed by atoms with Crippen molar-refractivity contribution in [1.29, 1.82) is 0 Å². The molecule has 21 heavy (non-hydrogen) atoms. The molecular formula is C14H16ClNO5. The number of nitrogens with one attached hydrogen (secondary N) is 1. The van der Waals surface area contributed by atoms with Gasteiger partial charge in [-0.15, -0.1) is 11.6 Å². The Kier molecular flexibility index (Phi) is 4.90. The molecule has 2 N–H and O–H groups in total. The second-order valence-corrected chi connectivity index (χ2v) is 5.12. The van der Waals surface area contributed by atoms with Crippen LogP contribution in [0.1, 0.15) is 12.5 Å². The summed E-state index contributed by atoms with van der Waals surface area (Å²) < 4.78 is 10.5. The summed E-state index contributed by atoms with van der Waals surface area (Å²) in [5.41, 5.74) is 0.878. The minimum atomic E-state index is -1.08. The molecule has 1 aromatic rings. The number of ether oxygens (including phenoxy) is 2. The minimum absolute atomic E-state index is 0.104. The van der Waals surface area contributed by atoms with Gasteiger partial charge in [0.2, 0.25) is 12.7 Å². The highest BCUT2D eigenvalue weighted by molar-refractivity contribution is 6.19. The first-order valence-electron chi connectivity index (χ1n) is 6.49. The largest absolute Gasteiger partial charge is 0.480 e. The van der Waals surface area contributed by atoms with Gasteiger partial charge in [0.05, 0.1) is 5.92 Å². The highest BCUT2D eigenvalue weighted by Gasteiger charge is 2.23. The van der Waals surface area contributed by atoms with Gasteiger partial charge in [-0.2, -0.15) is 0 Å². The first-order valence-corrected chi connectivity index (χ1v) is 7.02. The topological polar surface area (TPSA) is 84.9 Å². The molecule has 0 aromatic heterocycles. The lowest BCUT2D eigenvalue weighted by molar-refractivity contribution is -0.141. The van der Waals surface area contributed by atoms with Crippen molar-refractivity contribution >= 4 is 23.5 Å². The van der Waals surface area contributed by atoms with E-state index < -0.39 is 17.9 Å². The Morgan fingerprint density at radius 3 is 2.76 bits per heavy atom. The number of benzene rings is 1. The van der Waals surface area contributed by atoms with E-state index in [4.69, 9.17) is 26.2 Å². The van der Waals surface area contributed by atoms with Crippen molar-refractivity contribution in [3.63, 3.8) is 0 Å². The first kappa shape index (κ1) is 15.4. The molecule has 0 spiro atoms. The molecule has 1 aromatic carbocycles.